The van der Waals surface area contributed by atoms with Crippen LogP contribution in [-0.2, 0) is 9.59 Å². The summed E-state index contributed by atoms with van der Waals surface area (Å²) in [6.45, 7) is 0. The van der Waals surface area contributed by atoms with Crippen molar-refractivity contribution >= 4 is 22.8 Å². The van der Waals surface area contributed by atoms with Crippen molar-refractivity contribution in [1.82, 2.24) is 5.32 Å². The molecule has 1 amide bonds. The average Bonchev–Trinajstić information content (AvgIpc) is 2.47. The Bertz CT molecular complexity index is 267. The standard InChI is InChI=1S/C8H10F3NO2S/c9-8(10,11)3-1-6(13)12-5-2-4-15-7(5)14/h5H,1-4H2,(H,12,13). The van der Waals surface area contributed by atoms with E-state index in [0.29, 0.717) is 12.2 Å². The van der Waals surface area contributed by atoms with E-state index in [0.717, 1.165) is 11.8 Å². The SMILES string of the molecule is O=C(CCC(F)(F)F)NC1CCSC1=O. The molecule has 1 heterocycles. The topological polar surface area (TPSA) is 46.2 Å². The van der Waals surface area contributed by atoms with Crippen LogP contribution in [0.4, 0.5) is 13.2 Å². The van der Waals surface area contributed by atoms with E-state index in [1.54, 1.807) is 0 Å². The second kappa shape index (κ2) is 4.87. The Morgan fingerprint density at radius 1 is 1.53 bits per heavy atom. The molecule has 1 aliphatic rings. The van der Waals surface area contributed by atoms with E-state index in [-0.39, 0.29) is 5.12 Å². The van der Waals surface area contributed by atoms with E-state index in [9.17, 15) is 22.8 Å². The Morgan fingerprint density at radius 2 is 2.20 bits per heavy atom. The van der Waals surface area contributed by atoms with Crippen LogP contribution in [0, 0.1) is 0 Å². The number of carbonyl (C=O) groups excluding carboxylic acids is 2. The van der Waals surface area contributed by atoms with Crippen LogP contribution in [-0.4, -0.2) is 29.0 Å². The van der Waals surface area contributed by atoms with Gasteiger partial charge < -0.3 is 5.32 Å². The molecule has 86 valence electrons. The van der Waals surface area contributed by atoms with Gasteiger partial charge in [0.25, 0.3) is 0 Å². The number of halogens is 3. The highest BCUT2D eigenvalue weighted by Crippen LogP contribution is 2.22. The summed E-state index contributed by atoms with van der Waals surface area (Å²) < 4.78 is 35.3. The van der Waals surface area contributed by atoms with E-state index < -0.39 is 31.0 Å². The second-order valence-electron chi connectivity index (χ2n) is 3.19. The highest BCUT2D eigenvalue weighted by Gasteiger charge is 2.30. The maximum absolute atomic E-state index is 11.8. The first-order valence-corrected chi connectivity index (χ1v) is 5.40. The molecular formula is C8H10F3NO2S. The van der Waals surface area contributed by atoms with E-state index >= 15 is 0 Å². The largest absolute Gasteiger partial charge is 0.389 e. The van der Waals surface area contributed by atoms with E-state index in [4.69, 9.17) is 0 Å². The van der Waals surface area contributed by atoms with Gasteiger partial charge in [0.05, 0.1) is 12.5 Å². The third kappa shape index (κ3) is 4.55. The van der Waals surface area contributed by atoms with Gasteiger partial charge in [-0.05, 0) is 6.42 Å². The molecule has 0 aromatic rings. The summed E-state index contributed by atoms with van der Waals surface area (Å²) in [6, 6.07) is -0.601. The van der Waals surface area contributed by atoms with Gasteiger partial charge in [-0.15, -0.1) is 0 Å². The van der Waals surface area contributed by atoms with Crippen LogP contribution in [0.3, 0.4) is 0 Å². The minimum Gasteiger partial charge on any atom is -0.345 e. The zero-order valence-corrected chi connectivity index (χ0v) is 8.58. The summed E-state index contributed by atoms with van der Waals surface area (Å²) in [5.74, 6) is -0.101. The lowest BCUT2D eigenvalue weighted by Gasteiger charge is -2.10. The minimum absolute atomic E-state index is 0.171. The Kier molecular flexibility index (Phi) is 4.01. The van der Waals surface area contributed by atoms with Crippen molar-refractivity contribution in [2.75, 3.05) is 5.75 Å². The van der Waals surface area contributed by atoms with Crippen molar-refractivity contribution < 1.29 is 22.8 Å². The van der Waals surface area contributed by atoms with Gasteiger partial charge in [0.15, 0.2) is 0 Å². The molecule has 1 fully saturated rings. The predicted molar refractivity (Wildman–Crippen MR) is 49.3 cm³/mol. The van der Waals surface area contributed by atoms with Crippen molar-refractivity contribution in [1.29, 1.82) is 0 Å². The maximum Gasteiger partial charge on any atom is 0.389 e. The van der Waals surface area contributed by atoms with Crippen LogP contribution in [0.15, 0.2) is 0 Å². The van der Waals surface area contributed by atoms with Gasteiger partial charge in [-0.2, -0.15) is 13.2 Å². The minimum atomic E-state index is -4.33. The van der Waals surface area contributed by atoms with Crippen LogP contribution in [0.2, 0.25) is 0 Å². The molecule has 0 aromatic heterocycles. The molecule has 1 atom stereocenters. The first-order chi connectivity index (χ1) is 6.88. The van der Waals surface area contributed by atoms with Crippen LogP contribution >= 0.6 is 11.8 Å². The number of hydrogen-bond donors (Lipinski definition) is 1. The van der Waals surface area contributed by atoms with Crippen molar-refractivity contribution in [2.45, 2.75) is 31.5 Å². The van der Waals surface area contributed by atoms with Crippen molar-refractivity contribution in [3.8, 4) is 0 Å². The molecule has 15 heavy (non-hydrogen) atoms. The summed E-state index contributed by atoms with van der Waals surface area (Å²) in [5.41, 5.74) is 0. The van der Waals surface area contributed by atoms with Gasteiger partial charge >= 0.3 is 6.18 Å². The smallest absolute Gasteiger partial charge is 0.345 e. The number of amides is 1. The zero-order chi connectivity index (χ0) is 11.5. The highest BCUT2D eigenvalue weighted by atomic mass is 32.2. The van der Waals surface area contributed by atoms with Crippen LogP contribution < -0.4 is 5.32 Å². The number of thioether (sulfide) groups is 1. The fourth-order valence-electron chi connectivity index (χ4n) is 1.15. The molecule has 0 saturated carbocycles. The first-order valence-electron chi connectivity index (χ1n) is 4.41. The molecule has 1 rings (SSSR count). The molecule has 0 spiro atoms. The molecule has 1 saturated heterocycles. The fraction of sp³-hybridized carbons (Fsp3) is 0.750. The molecular weight excluding hydrogens is 231 g/mol. The van der Waals surface area contributed by atoms with Crippen LogP contribution in [0.1, 0.15) is 19.3 Å². The number of carbonyl (C=O) groups is 2. The molecule has 1 N–H and O–H groups in total. The fourth-order valence-corrected chi connectivity index (χ4v) is 2.08. The Morgan fingerprint density at radius 3 is 2.67 bits per heavy atom. The summed E-state index contributed by atoms with van der Waals surface area (Å²) in [5, 5.41) is 2.12. The average molecular weight is 241 g/mol. The monoisotopic (exact) mass is 241 g/mol. The van der Waals surface area contributed by atoms with Crippen molar-refractivity contribution in [2.24, 2.45) is 0 Å². The van der Waals surface area contributed by atoms with E-state index in [1.807, 2.05) is 0 Å². The lowest BCUT2D eigenvalue weighted by atomic mass is 10.2. The number of hydrogen-bond acceptors (Lipinski definition) is 3. The van der Waals surface area contributed by atoms with Crippen molar-refractivity contribution in [3.05, 3.63) is 0 Å². The lowest BCUT2D eigenvalue weighted by Crippen LogP contribution is -2.37. The molecule has 1 unspecified atom stereocenters. The summed E-state index contributed by atoms with van der Waals surface area (Å²) in [6.07, 6.45) is -5.59. The van der Waals surface area contributed by atoms with Gasteiger partial charge in [0.2, 0.25) is 11.0 Å². The molecule has 0 aromatic carbocycles. The Hall–Kier alpha value is -0.720. The lowest BCUT2D eigenvalue weighted by molar-refractivity contribution is -0.144. The van der Waals surface area contributed by atoms with Crippen LogP contribution in [0.25, 0.3) is 0 Å². The van der Waals surface area contributed by atoms with Gasteiger partial charge in [0.1, 0.15) is 0 Å². The normalized spacial score (nSPS) is 21.8. The molecule has 0 aliphatic carbocycles. The zero-order valence-electron chi connectivity index (χ0n) is 7.76. The number of rotatable bonds is 3. The van der Waals surface area contributed by atoms with E-state index in [1.165, 1.54) is 0 Å². The second-order valence-corrected chi connectivity index (χ2v) is 4.29. The molecule has 0 bridgehead atoms. The Balaban J connectivity index is 2.27. The predicted octanol–water partition coefficient (Wildman–Crippen LogP) is 1.48. The highest BCUT2D eigenvalue weighted by molar-refractivity contribution is 8.14. The van der Waals surface area contributed by atoms with E-state index in [2.05, 4.69) is 5.32 Å². The molecule has 3 nitrogen and oxygen atoms in total. The van der Waals surface area contributed by atoms with Gasteiger partial charge in [-0.3, -0.25) is 9.59 Å². The van der Waals surface area contributed by atoms with Gasteiger partial charge in [0, 0.05) is 12.2 Å². The summed E-state index contributed by atoms with van der Waals surface area (Å²) >= 11 is 1.10. The molecule has 7 heteroatoms. The van der Waals surface area contributed by atoms with Crippen molar-refractivity contribution in [3.63, 3.8) is 0 Å². The molecule has 0 radical (unpaired) electrons. The third-order valence-corrected chi connectivity index (χ3v) is 2.91. The maximum atomic E-state index is 11.8. The molecule has 1 aliphatic heterocycles. The third-order valence-electron chi connectivity index (χ3n) is 1.91. The summed E-state index contributed by atoms with van der Waals surface area (Å²) in [7, 11) is 0. The summed E-state index contributed by atoms with van der Waals surface area (Å²) in [4.78, 5) is 22.1. The van der Waals surface area contributed by atoms with Gasteiger partial charge in [-0.25, -0.2) is 0 Å². The quantitative estimate of drug-likeness (QED) is 0.814. The number of nitrogens with one attached hydrogen (secondary N) is 1. The Labute approximate surface area is 88.8 Å². The van der Waals surface area contributed by atoms with Gasteiger partial charge in [-0.1, -0.05) is 11.8 Å². The van der Waals surface area contributed by atoms with Crippen LogP contribution in [0.5, 0.6) is 0 Å². The first kappa shape index (κ1) is 12.4. The number of alkyl halides is 3.